The highest BCUT2D eigenvalue weighted by molar-refractivity contribution is 7.46. The Bertz CT molecular complexity index is 512. The quantitative estimate of drug-likeness (QED) is 0.151. The molecular formula is C12H23N2O10P. The first-order valence-corrected chi connectivity index (χ1v) is 9.03. The van der Waals surface area contributed by atoms with Gasteiger partial charge in [-0.25, -0.2) is 4.57 Å². The number of hydrogen-bond acceptors (Lipinski definition) is 9. The van der Waals surface area contributed by atoms with Crippen molar-refractivity contribution in [2.45, 2.75) is 49.8 Å². The molecule has 13 heteroatoms. The second-order valence-corrected chi connectivity index (χ2v) is 6.81. The summed E-state index contributed by atoms with van der Waals surface area (Å²) in [5.74, 6) is -1.94. The number of carbonyl (C=O) groups excluding carboxylic acids is 1. The first kappa shape index (κ1) is 22.1. The number of rotatable bonds is 10. The maximum Gasteiger partial charge on any atom is 0.469 e. The Hall–Kier alpha value is -0.950. The molecular weight excluding hydrogens is 363 g/mol. The van der Waals surface area contributed by atoms with Crippen molar-refractivity contribution < 1.29 is 48.5 Å². The van der Waals surface area contributed by atoms with E-state index in [0.29, 0.717) is 12.8 Å². The highest BCUT2D eigenvalue weighted by Gasteiger charge is 2.43. The summed E-state index contributed by atoms with van der Waals surface area (Å²) < 4.78 is 20.1. The monoisotopic (exact) mass is 386 g/mol. The molecule has 0 aliphatic carbocycles. The molecule has 0 saturated carbocycles. The molecule has 1 saturated heterocycles. The van der Waals surface area contributed by atoms with Gasteiger partial charge in [-0.1, -0.05) is 6.42 Å². The van der Waals surface area contributed by atoms with E-state index in [2.05, 4.69) is 9.84 Å². The van der Waals surface area contributed by atoms with E-state index in [1.54, 1.807) is 0 Å². The molecule has 0 bridgehead atoms. The van der Waals surface area contributed by atoms with Crippen LogP contribution in [0.1, 0.15) is 19.3 Å². The van der Waals surface area contributed by atoms with Gasteiger partial charge in [-0.3, -0.25) is 19.4 Å². The highest BCUT2D eigenvalue weighted by Crippen LogP contribution is 2.36. The van der Waals surface area contributed by atoms with Crippen LogP contribution in [0.3, 0.4) is 0 Å². The van der Waals surface area contributed by atoms with Crippen molar-refractivity contribution in [3.8, 4) is 0 Å². The second-order valence-electron chi connectivity index (χ2n) is 5.57. The average molecular weight is 386 g/mol. The lowest BCUT2D eigenvalue weighted by Crippen LogP contribution is -2.60. The summed E-state index contributed by atoms with van der Waals surface area (Å²) in [4.78, 5) is 39.7. The number of aliphatic hydroxyl groups excluding tert-OH is 2. The van der Waals surface area contributed by atoms with Crippen molar-refractivity contribution in [3.63, 3.8) is 0 Å². The summed E-state index contributed by atoms with van der Waals surface area (Å²) in [7, 11) is -4.80. The number of carboxylic acid groups (broad SMARTS) is 1. The van der Waals surface area contributed by atoms with E-state index < -0.39 is 56.8 Å². The third kappa shape index (κ3) is 7.44. The Labute approximate surface area is 143 Å². The van der Waals surface area contributed by atoms with Gasteiger partial charge in [0.05, 0.1) is 6.61 Å². The minimum absolute atomic E-state index is 0.234. The van der Waals surface area contributed by atoms with E-state index >= 15 is 0 Å². The van der Waals surface area contributed by atoms with E-state index in [0.717, 1.165) is 0 Å². The molecule has 25 heavy (non-hydrogen) atoms. The summed E-state index contributed by atoms with van der Waals surface area (Å²) in [6, 6.07) is -0.973. The SMILES string of the molecule is NC(CCCCNC1OC(COP(=O)(O)O)C(O)C(O)C1=O)C(=O)O. The van der Waals surface area contributed by atoms with E-state index in [1.807, 2.05) is 0 Å². The van der Waals surface area contributed by atoms with Gasteiger partial charge in [-0.05, 0) is 19.4 Å². The molecule has 1 rings (SSSR count). The minimum Gasteiger partial charge on any atom is -0.480 e. The lowest BCUT2D eigenvalue weighted by molar-refractivity contribution is -0.191. The lowest BCUT2D eigenvalue weighted by Gasteiger charge is -2.36. The number of ketones is 1. The smallest absolute Gasteiger partial charge is 0.469 e. The van der Waals surface area contributed by atoms with Gasteiger partial charge in [0.25, 0.3) is 0 Å². The fourth-order valence-corrected chi connectivity index (χ4v) is 2.49. The fourth-order valence-electron chi connectivity index (χ4n) is 2.15. The summed E-state index contributed by atoms with van der Waals surface area (Å²) in [6.45, 7) is -0.487. The molecule has 0 radical (unpaired) electrons. The number of phosphoric ester groups is 1. The van der Waals surface area contributed by atoms with Gasteiger partial charge < -0.3 is 35.6 Å². The van der Waals surface area contributed by atoms with Crippen LogP contribution >= 0.6 is 7.82 Å². The Balaban J connectivity index is 2.45. The number of carboxylic acids is 1. The molecule has 0 amide bonds. The standard InChI is InChI=1S/C12H23N2O10P/c13-6(12(18)19)3-1-2-4-14-11-10(17)9(16)8(15)7(24-11)5-23-25(20,21)22/h6-9,11,14-16H,1-5,13H2,(H,18,19)(H2,20,21,22). The van der Waals surface area contributed by atoms with Crippen molar-refractivity contribution in [3.05, 3.63) is 0 Å². The molecule has 5 atom stereocenters. The van der Waals surface area contributed by atoms with Crippen LogP contribution in [-0.4, -0.2) is 80.6 Å². The maximum absolute atomic E-state index is 11.9. The zero-order valence-corrected chi connectivity index (χ0v) is 14.1. The van der Waals surface area contributed by atoms with E-state index in [4.69, 9.17) is 25.4 Å². The molecule has 5 unspecified atom stereocenters. The first-order chi connectivity index (χ1) is 11.5. The summed E-state index contributed by atoms with van der Waals surface area (Å²) in [5, 5.41) is 30.7. The Kier molecular flexibility index (Phi) is 8.54. The number of unbranched alkanes of at least 4 members (excludes halogenated alkanes) is 1. The Morgan fingerprint density at radius 1 is 1.36 bits per heavy atom. The van der Waals surface area contributed by atoms with Gasteiger partial charge in [0.2, 0.25) is 5.78 Å². The van der Waals surface area contributed by atoms with Crippen molar-refractivity contribution >= 4 is 19.6 Å². The predicted molar refractivity (Wildman–Crippen MR) is 81.1 cm³/mol. The number of nitrogens with two attached hydrogens (primary N) is 1. The van der Waals surface area contributed by atoms with Crippen molar-refractivity contribution in [1.29, 1.82) is 0 Å². The summed E-state index contributed by atoms with van der Waals surface area (Å²) >= 11 is 0. The van der Waals surface area contributed by atoms with Crippen LogP contribution in [0.4, 0.5) is 0 Å². The Morgan fingerprint density at radius 3 is 2.56 bits per heavy atom. The zero-order chi connectivity index (χ0) is 19.2. The van der Waals surface area contributed by atoms with Crippen LogP contribution in [0, 0.1) is 0 Å². The van der Waals surface area contributed by atoms with Crippen molar-refractivity contribution in [1.82, 2.24) is 5.32 Å². The predicted octanol–water partition coefficient (Wildman–Crippen LogP) is -2.72. The third-order valence-electron chi connectivity index (χ3n) is 3.56. The van der Waals surface area contributed by atoms with Crippen molar-refractivity contribution in [2.24, 2.45) is 5.73 Å². The first-order valence-electron chi connectivity index (χ1n) is 7.50. The number of carbonyl (C=O) groups is 2. The minimum atomic E-state index is -4.80. The van der Waals surface area contributed by atoms with Crippen LogP contribution in [0.2, 0.25) is 0 Å². The largest absolute Gasteiger partial charge is 0.480 e. The van der Waals surface area contributed by atoms with Crippen LogP contribution in [0.5, 0.6) is 0 Å². The lowest BCUT2D eigenvalue weighted by atomic mass is 10.00. The van der Waals surface area contributed by atoms with E-state index in [-0.39, 0.29) is 13.0 Å². The molecule has 8 N–H and O–H groups in total. The van der Waals surface area contributed by atoms with Crippen LogP contribution < -0.4 is 11.1 Å². The molecule has 1 aliphatic rings. The number of ether oxygens (including phenoxy) is 1. The molecule has 1 aliphatic heterocycles. The van der Waals surface area contributed by atoms with Crippen LogP contribution in [0.15, 0.2) is 0 Å². The summed E-state index contributed by atoms with van der Waals surface area (Å²) in [5.41, 5.74) is 5.35. The second kappa shape index (κ2) is 9.67. The van der Waals surface area contributed by atoms with Gasteiger partial charge in [0, 0.05) is 0 Å². The number of Topliss-reactive ketones (excluding diaryl/α,β-unsaturated/α-hetero) is 1. The third-order valence-corrected chi connectivity index (χ3v) is 4.05. The fraction of sp³-hybridized carbons (Fsp3) is 0.833. The van der Waals surface area contributed by atoms with E-state index in [1.165, 1.54) is 0 Å². The Morgan fingerprint density at radius 2 is 2.00 bits per heavy atom. The van der Waals surface area contributed by atoms with Gasteiger partial charge in [-0.15, -0.1) is 0 Å². The van der Waals surface area contributed by atoms with Crippen LogP contribution in [0.25, 0.3) is 0 Å². The number of aliphatic hydroxyl groups is 2. The molecule has 146 valence electrons. The number of nitrogens with one attached hydrogen (secondary N) is 1. The maximum atomic E-state index is 11.9. The normalized spacial score (nSPS) is 28.8. The highest BCUT2D eigenvalue weighted by atomic mass is 31.2. The van der Waals surface area contributed by atoms with Gasteiger partial charge >= 0.3 is 13.8 Å². The molecule has 0 aromatic heterocycles. The van der Waals surface area contributed by atoms with Crippen LogP contribution in [-0.2, 0) is 23.4 Å². The number of phosphoric acid groups is 1. The molecule has 0 aromatic rings. The molecule has 1 fully saturated rings. The van der Waals surface area contributed by atoms with Crippen molar-refractivity contribution in [2.75, 3.05) is 13.2 Å². The van der Waals surface area contributed by atoms with Gasteiger partial charge in [-0.2, -0.15) is 0 Å². The summed E-state index contributed by atoms with van der Waals surface area (Å²) in [6.07, 6.45) is -4.91. The molecule has 1 heterocycles. The number of aliphatic carboxylic acids is 1. The average Bonchev–Trinajstić information content (AvgIpc) is 2.52. The van der Waals surface area contributed by atoms with Gasteiger partial charge in [0.1, 0.15) is 24.4 Å². The zero-order valence-electron chi connectivity index (χ0n) is 13.2. The topological polar surface area (TPSA) is 209 Å². The number of hydrogen-bond donors (Lipinski definition) is 7. The van der Waals surface area contributed by atoms with Gasteiger partial charge in [0.15, 0.2) is 6.23 Å². The molecule has 12 nitrogen and oxygen atoms in total. The molecule has 0 aromatic carbocycles. The molecule has 0 spiro atoms. The van der Waals surface area contributed by atoms with E-state index in [9.17, 15) is 24.4 Å².